The van der Waals surface area contributed by atoms with Crippen LogP contribution in [0.25, 0.3) is 10.9 Å². The first kappa shape index (κ1) is 14.8. The number of carbonyl (C=O) groups excluding carboxylic acids is 1. The van der Waals surface area contributed by atoms with Gasteiger partial charge in [-0.3, -0.25) is 9.78 Å². The Morgan fingerprint density at radius 3 is 3.00 bits per heavy atom. The van der Waals surface area contributed by atoms with E-state index in [4.69, 9.17) is 17.3 Å². The predicted molar refractivity (Wildman–Crippen MR) is 83.0 cm³/mol. The molecule has 2 aromatic rings. The van der Waals surface area contributed by atoms with Gasteiger partial charge in [0.15, 0.2) is 0 Å². The molecule has 5 heteroatoms. The first-order chi connectivity index (χ1) is 9.52. The Kier molecular flexibility index (Phi) is 4.57. The minimum atomic E-state index is -0.136. The van der Waals surface area contributed by atoms with E-state index in [2.05, 4.69) is 10.3 Å². The zero-order valence-corrected chi connectivity index (χ0v) is 12.4. The lowest BCUT2D eigenvalue weighted by Crippen LogP contribution is -2.26. The van der Waals surface area contributed by atoms with Crippen molar-refractivity contribution in [3.63, 3.8) is 0 Å². The maximum Gasteiger partial charge on any atom is 0.225 e. The summed E-state index contributed by atoms with van der Waals surface area (Å²) in [6, 6.07) is 5.40. The van der Waals surface area contributed by atoms with Gasteiger partial charge in [0.1, 0.15) is 0 Å². The van der Waals surface area contributed by atoms with Gasteiger partial charge in [0, 0.05) is 24.0 Å². The molecule has 0 saturated heterocycles. The number of benzene rings is 1. The van der Waals surface area contributed by atoms with Crippen LogP contribution in [0.1, 0.15) is 25.3 Å². The summed E-state index contributed by atoms with van der Waals surface area (Å²) in [7, 11) is 0. The SMILES string of the molecule is CCC(N)CC(=O)Nc1c(Cl)cc(C)c2ncccc12. The number of nitrogens with two attached hydrogens (primary N) is 1. The van der Waals surface area contributed by atoms with Crippen LogP contribution in [0.5, 0.6) is 0 Å². The summed E-state index contributed by atoms with van der Waals surface area (Å²) in [5.74, 6) is -0.129. The van der Waals surface area contributed by atoms with E-state index >= 15 is 0 Å². The molecule has 106 valence electrons. The number of aromatic nitrogens is 1. The fourth-order valence-electron chi connectivity index (χ4n) is 2.08. The maximum absolute atomic E-state index is 12.0. The van der Waals surface area contributed by atoms with Gasteiger partial charge in [-0.1, -0.05) is 18.5 Å². The molecule has 3 N–H and O–H groups in total. The number of pyridine rings is 1. The smallest absolute Gasteiger partial charge is 0.225 e. The van der Waals surface area contributed by atoms with Crippen molar-refractivity contribution in [2.45, 2.75) is 32.7 Å². The van der Waals surface area contributed by atoms with Crippen molar-refractivity contribution in [3.05, 3.63) is 35.0 Å². The Bertz CT molecular complexity index is 642. The van der Waals surface area contributed by atoms with E-state index in [1.807, 2.05) is 32.0 Å². The molecule has 20 heavy (non-hydrogen) atoms. The van der Waals surface area contributed by atoms with Crippen LogP contribution in [0.2, 0.25) is 5.02 Å². The number of fused-ring (bicyclic) bond motifs is 1. The lowest BCUT2D eigenvalue weighted by Gasteiger charge is -2.14. The third kappa shape index (κ3) is 3.08. The van der Waals surface area contributed by atoms with Crippen LogP contribution < -0.4 is 11.1 Å². The number of halogens is 1. The second-order valence-corrected chi connectivity index (χ2v) is 5.28. The first-order valence-electron chi connectivity index (χ1n) is 6.62. The Labute approximate surface area is 123 Å². The molecule has 4 nitrogen and oxygen atoms in total. The lowest BCUT2D eigenvalue weighted by molar-refractivity contribution is -0.116. The zero-order valence-electron chi connectivity index (χ0n) is 11.6. The fraction of sp³-hybridized carbons (Fsp3) is 0.333. The summed E-state index contributed by atoms with van der Waals surface area (Å²) in [4.78, 5) is 16.3. The van der Waals surface area contributed by atoms with Gasteiger partial charge in [-0.05, 0) is 37.1 Å². The standard InChI is InChI=1S/C15H18ClN3O/c1-3-10(17)8-13(20)19-15-11-5-4-6-18-14(11)9(2)7-12(15)16/h4-7,10H,3,8,17H2,1-2H3,(H,19,20). The third-order valence-electron chi connectivity index (χ3n) is 3.27. The molecular weight excluding hydrogens is 274 g/mol. The Hall–Kier alpha value is -1.65. The molecule has 0 aliphatic heterocycles. The van der Waals surface area contributed by atoms with Gasteiger partial charge in [-0.25, -0.2) is 0 Å². The average Bonchev–Trinajstić information content (AvgIpc) is 2.43. The van der Waals surface area contributed by atoms with Crippen LogP contribution >= 0.6 is 11.6 Å². The molecule has 0 spiro atoms. The molecule has 1 amide bonds. The molecule has 0 aliphatic rings. The Balaban J connectivity index is 2.37. The number of aryl methyl sites for hydroxylation is 1. The second-order valence-electron chi connectivity index (χ2n) is 4.87. The van der Waals surface area contributed by atoms with Crippen molar-refractivity contribution in [1.29, 1.82) is 0 Å². The quantitative estimate of drug-likeness (QED) is 0.908. The van der Waals surface area contributed by atoms with Crippen molar-refractivity contribution < 1.29 is 4.79 Å². The molecule has 0 aliphatic carbocycles. The van der Waals surface area contributed by atoms with Crippen LogP contribution in [0, 0.1) is 6.92 Å². The van der Waals surface area contributed by atoms with E-state index in [9.17, 15) is 4.79 Å². The van der Waals surface area contributed by atoms with E-state index in [0.29, 0.717) is 10.7 Å². The number of hydrogen-bond donors (Lipinski definition) is 2. The van der Waals surface area contributed by atoms with Crippen molar-refractivity contribution in [2.75, 3.05) is 5.32 Å². The number of hydrogen-bond acceptors (Lipinski definition) is 3. The molecule has 1 heterocycles. The van der Waals surface area contributed by atoms with Gasteiger partial charge in [-0.2, -0.15) is 0 Å². The number of anilines is 1. The molecule has 1 aromatic carbocycles. The monoisotopic (exact) mass is 291 g/mol. The molecule has 0 radical (unpaired) electrons. The van der Waals surface area contributed by atoms with Crippen molar-refractivity contribution in [3.8, 4) is 0 Å². The van der Waals surface area contributed by atoms with Gasteiger partial charge in [0.25, 0.3) is 0 Å². The molecule has 1 aromatic heterocycles. The summed E-state index contributed by atoms with van der Waals surface area (Å²) in [5, 5.41) is 4.21. The van der Waals surface area contributed by atoms with E-state index in [0.717, 1.165) is 22.9 Å². The van der Waals surface area contributed by atoms with Gasteiger partial charge >= 0.3 is 0 Å². The first-order valence-corrected chi connectivity index (χ1v) is 7.00. The average molecular weight is 292 g/mol. The minimum Gasteiger partial charge on any atom is -0.327 e. The molecule has 0 bridgehead atoms. The number of nitrogens with one attached hydrogen (secondary N) is 1. The topological polar surface area (TPSA) is 68.0 Å². The predicted octanol–water partition coefficient (Wildman–Crippen LogP) is 3.26. The molecular formula is C15H18ClN3O. The summed E-state index contributed by atoms with van der Waals surface area (Å²) in [6.45, 7) is 3.90. The second kappa shape index (κ2) is 6.20. The highest BCUT2D eigenvalue weighted by atomic mass is 35.5. The molecule has 1 unspecified atom stereocenters. The normalized spacial score (nSPS) is 12.4. The highest BCUT2D eigenvalue weighted by Gasteiger charge is 2.14. The Morgan fingerprint density at radius 2 is 2.30 bits per heavy atom. The van der Waals surface area contributed by atoms with Crippen LogP contribution in [0.4, 0.5) is 5.69 Å². The van der Waals surface area contributed by atoms with Crippen molar-refractivity contribution in [1.82, 2.24) is 4.98 Å². The molecule has 0 fully saturated rings. The number of amides is 1. The number of rotatable bonds is 4. The molecule has 1 atom stereocenters. The highest BCUT2D eigenvalue weighted by Crippen LogP contribution is 2.32. The fourth-order valence-corrected chi connectivity index (χ4v) is 2.39. The number of carbonyl (C=O) groups is 1. The molecule has 0 saturated carbocycles. The zero-order chi connectivity index (χ0) is 14.7. The van der Waals surface area contributed by atoms with E-state index < -0.39 is 0 Å². The number of nitrogens with zero attached hydrogens (tertiary/aromatic N) is 1. The minimum absolute atomic E-state index is 0.129. The summed E-state index contributed by atoms with van der Waals surface area (Å²) >= 11 is 6.25. The van der Waals surface area contributed by atoms with E-state index in [1.54, 1.807) is 6.20 Å². The largest absolute Gasteiger partial charge is 0.327 e. The summed E-state index contributed by atoms with van der Waals surface area (Å²) in [6.07, 6.45) is 2.77. The molecule has 2 rings (SSSR count). The van der Waals surface area contributed by atoms with Gasteiger partial charge < -0.3 is 11.1 Å². The van der Waals surface area contributed by atoms with Crippen molar-refractivity contribution in [2.24, 2.45) is 5.73 Å². The van der Waals surface area contributed by atoms with Gasteiger partial charge in [0.2, 0.25) is 5.91 Å². The Morgan fingerprint density at radius 1 is 1.55 bits per heavy atom. The highest BCUT2D eigenvalue weighted by molar-refractivity contribution is 6.35. The van der Waals surface area contributed by atoms with Crippen LogP contribution in [0.15, 0.2) is 24.4 Å². The van der Waals surface area contributed by atoms with Gasteiger partial charge in [-0.15, -0.1) is 0 Å². The summed E-state index contributed by atoms with van der Waals surface area (Å²) in [5.41, 5.74) is 8.22. The summed E-state index contributed by atoms with van der Waals surface area (Å²) < 4.78 is 0. The van der Waals surface area contributed by atoms with E-state index in [1.165, 1.54) is 0 Å². The van der Waals surface area contributed by atoms with E-state index in [-0.39, 0.29) is 18.4 Å². The van der Waals surface area contributed by atoms with Crippen LogP contribution in [-0.4, -0.2) is 16.9 Å². The maximum atomic E-state index is 12.0. The van der Waals surface area contributed by atoms with Crippen LogP contribution in [-0.2, 0) is 4.79 Å². The lowest BCUT2D eigenvalue weighted by atomic mass is 10.1. The third-order valence-corrected chi connectivity index (χ3v) is 3.57. The van der Waals surface area contributed by atoms with Gasteiger partial charge in [0.05, 0.1) is 16.2 Å². The van der Waals surface area contributed by atoms with Crippen LogP contribution in [0.3, 0.4) is 0 Å². The van der Waals surface area contributed by atoms with Crippen molar-refractivity contribution >= 4 is 34.1 Å².